The molecule has 0 bridgehead atoms. The minimum Gasteiger partial charge on any atom is -0.335 e. The van der Waals surface area contributed by atoms with Crippen molar-refractivity contribution in [3.05, 3.63) is 40.9 Å². The van der Waals surface area contributed by atoms with Crippen LogP contribution in [0.25, 0.3) is 5.69 Å². The fourth-order valence-electron chi connectivity index (χ4n) is 3.80. The van der Waals surface area contributed by atoms with Crippen molar-refractivity contribution in [3.63, 3.8) is 0 Å². The number of rotatable bonds is 4. The van der Waals surface area contributed by atoms with Gasteiger partial charge in [-0.25, -0.2) is 9.67 Å². The van der Waals surface area contributed by atoms with Gasteiger partial charge in [-0.15, -0.1) is 17.5 Å². The van der Waals surface area contributed by atoms with Crippen LogP contribution in [0.5, 0.6) is 0 Å². The van der Waals surface area contributed by atoms with E-state index in [1.165, 1.54) is 0 Å². The Labute approximate surface area is 164 Å². The number of hydrogen-bond acceptors (Lipinski definition) is 4. The van der Waals surface area contributed by atoms with Crippen molar-refractivity contribution in [1.82, 2.24) is 25.0 Å². The zero-order valence-corrected chi connectivity index (χ0v) is 16.3. The molecule has 26 heavy (non-hydrogen) atoms. The number of amides is 1. The lowest BCUT2D eigenvalue weighted by Gasteiger charge is -2.15. The van der Waals surface area contributed by atoms with Crippen LogP contribution in [0.15, 0.2) is 24.3 Å². The standard InChI is InChI=1S/C18H22ClN5O.ClH/c1-2-5-16-21-17(22-24(16)15-7-4-3-6-14(15)19)18(25)23-10-12-8-20-9-13(12)11-23;/h3-4,6-7,12-13,20H,2,5,8-11H2,1H3;1H/t12-,13+;. The van der Waals surface area contributed by atoms with Crippen LogP contribution in [0, 0.1) is 11.8 Å². The number of nitrogens with zero attached hydrogens (tertiary/aromatic N) is 4. The smallest absolute Gasteiger partial charge is 0.293 e. The van der Waals surface area contributed by atoms with Crippen molar-refractivity contribution in [2.45, 2.75) is 19.8 Å². The number of halogens is 2. The fraction of sp³-hybridized carbons (Fsp3) is 0.500. The lowest BCUT2D eigenvalue weighted by atomic mass is 10.0. The Balaban J connectivity index is 0.00000196. The third-order valence-corrected chi connectivity index (χ3v) is 5.42. The number of carbonyl (C=O) groups excluding carboxylic acids is 1. The van der Waals surface area contributed by atoms with Crippen molar-refractivity contribution in [1.29, 1.82) is 0 Å². The van der Waals surface area contributed by atoms with E-state index >= 15 is 0 Å². The maximum atomic E-state index is 12.9. The molecule has 2 atom stereocenters. The molecule has 0 unspecified atom stereocenters. The summed E-state index contributed by atoms with van der Waals surface area (Å²) in [5, 5.41) is 8.51. The van der Waals surface area contributed by atoms with E-state index < -0.39 is 0 Å². The molecule has 2 fully saturated rings. The molecule has 1 aromatic carbocycles. The maximum absolute atomic E-state index is 12.9. The summed E-state index contributed by atoms with van der Waals surface area (Å²) in [4.78, 5) is 19.3. The topological polar surface area (TPSA) is 63.1 Å². The molecule has 0 spiro atoms. The summed E-state index contributed by atoms with van der Waals surface area (Å²) < 4.78 is 1.72. The Bertz CT molecular complexity index is 782. The Morgan fingerprint density at radius 2 is 1.96 bits per heavy atom. The molecule has 8 heteroatoms. The molecule has 6 nitrogen and oxygen atoms in total. The Hall–Kier alpha value is -1.63. The molecule has 2 aliphatic heterocycles. The van der Waals surface area contributed by atoms with Crippen molar-refractivity contribution in [3.8, 4) is 5.69 Å². The molecular formula is C18H23Cl2N5O. The first-order chi connectivity index (χ1) is 12.2. The molecule has 4 rings (SSSR count). The molecule has 0 aliphatic carbocycles. The van der Waals surface area contributed by atoms with Crippen molar-refractivity contribution in [2.24, 2.45) is 11.8 Å². The highest BCUT2D eigenvalue weighted by Crippen LogP contribution is 2.27. The van der Waals surface area contributed by atoms with Crippen LogP contribution in [0.2, 0.25) is 5.02 Å². The number of aryl methyl sites for hydroxylation is 1. The minimum atomic E-state index is -0.0717. The maximum Gasteiger partial charge on any atom is 0.293 e. The van der Waals surface area contributed by atoms with Gasteiger partial charge < -0.3 is 10.2 Å². The SMILES string of the molecule is CCCc1nc(C(=O)N2C[C@H]3CNC[C@H]3C2)nn1-c1ccccc1Cl.Cl. The van der Waals surface area contributed by atoms with Crippen LogP contribution >= 0.6 is 24.0 Å². The van der Waals surface area contributed by atoms with E-state index in [1.807, 2.05) is 29.2 Å². The summed E-state index contributed by atoms with van der Waals surface area (Å²) in [6.45, 7) is 5.66. The predicted molar refractivity (Wildman–Crippen MR) is 103 cm³/mol. The third-order valence-electron chi connectivity index (χ3n) is 5.10. The van der Waals surface area contributed by atoms with Crippen LogP contribution in [0.3, 0.4) is 0 Å². The van der Waals surface area contributed by atoms with Gasteiger partial charge in [0.15, 0.2) is 0 Å². The molecule has 2 saturated heterocycles. The van der Waals surface area contributed by atoms with Gasteiger partial charge in [0.1, 0.15) is 5.82 Å². The van der Waals surface area contributed by atoms with Gasteiger partial charge in [0.2, 0.25) is 5.82 Å². The quantitative estimate of drug-likeness (QED) is 0.863. The second-order valence-corrected chi connectivity index (χ2v) is 7.26. The number of carbonyl (C=O) groups is 1. The van der Waals surface area contributed by atoms with Gasteiger partial charge in [0.25, 0.3) is 5.91 Å². The van der Waals surface area contributed by atoms with E-state index in [0.717, 1.165) is 50.5 Å². The fourth-order valence-corrected chi connectivity index (χ4v) is 4.02. The van der Waals surface area contributed by atoms with Gasteiger partial charge in [-0.3, -0.25) is 4.79 Å². The van der Waals surface area contributed by atoms with E-state index in [2.05, 4.69) is 22.3 Å². The molecule has 2 aromatic rings. The largest absolute Gasteiger partial charge is 0.335 e. The van der Waals surface area contributed by atoms with Gasteiger partial charge >= 0.3 is 0 Å². The number of para-hydroxylation sites is 1. The van der Waals surface area contributed by atoms with Gasteiger partial charge in [0, 0.05) is 32.6 Å². The van der Waals surface area contributed by atoms with E-state index in [1.54, 1.807) is 4.68 Å². The minimum absolute atomic E-state index is 0. The summed E-state index contributed by atoms with van der Waals surface area (Å²) in [7, 11) is 0. The van der Waals surface area contributed by atoms with E-state index in [9.17, 15) is 4.79 Å². The van der Waals surface area contributed by atoms with E-state index in [0.29, 0.717) is 16.9 Å². The van der Waals surface area contributed by atoms with E-state index in [4.69, 9.17) is 11.6 Å². The Morgan fingerprint density at radius 1 is 1.27 bits per heavy atom. The van der Waals surface area contributed by atoms with Gasteiger partial charge in [-0.05, 0) is 30.4 Å². The lowest BCUT2D eigenvalue weighted by molar-refractivity contribution is 0.0769. The van der Waals surface area contributed by atoms with Crippen LogP contribution in [0.4, 0.5) is 0 Å². The number of nitrogens with one attached hydrogen (secondary N) is 1. The molecule has 0 radical (unpaired) electrons. The average Bonchev–Trinajstić information content (AvgIpc) is 3.29. The summed E-state index contributed by atoms with van der Waals surface area (Å²) >= 11 is 6.32. The van der Waals surface area contributed by atoms with Crippen LogP contribution in [-0.4, -0.2) is 51.8 Å². The monoisotopic (exact) mass is 395 g/mol. The predicted octanol–water partition coefficient (Wildman–Crippen LogP) is 2.59. The Morgan fingerprint density at radius 3 is 2.62 bits per heavy atom. The molecule has 3 heterocycles. The first-order valence-corrected chi connectivity index (χ1v) is 9.26. The zero-order valence-electron chi connectivity index (χ0n) is 14.7. The molecule has 1 aromatic heterocycles. The summed E-state index contributed by atoms with van der Waals surface area (Å²) in [6, 6.07) is 7.51. The molecule has 2 aliphatic rings. The number of aromatic nitrogens is 3. The van der Waals surface area contributed by atoms with Crippen molar-refractivity contribution < 1.29 is 4.79 Å². The third kappa shape index (κ3) is 3.46. The Kier molecular flexibility index (Phi) is 5.85. The second kappa shape index (κ2) is 7.94. The van der Waals surface area contributed by atoms with Gasteiger partial charge in [0.05, 0.1) is 10.7 Å². The molecular weight excluding hydrogens is 373 g/mol. The van der Waals surface area contributed by atoms with Crippen LogP contribution in [0.1, 0.15) is 29.8 Å². The van der Waals surface area contributed by atoms with Gasteiger partial charge in [-0.2, -0.15) is 0 Å². The number of fused-ring (bicyclic) bond motifs is 1. The summed E-state index contributed by atoms with van der Waals surface area (Å²) in [6.07, 6.45) is 1.68. The second-order valence-electron chi connectivity index (χ2n) is 6.85. The highest BCUT2D eigenvalue weighted by molar-refractivity contribution is 6.32. The number of benzene rings is 1. The summed E-state index contributed by atoms with van der Waals surface area (Å²) in [5.74, 6) is 2.10. The molecule has 1 N–H and O–H groups in total. The lowest BCUT2D eigenvalue weighted by Crippen LogP contribution is -2.32. The van der Waals surface area contributed by atoms with Crippen molar-refractivity contribution >= 4 is 29.9 Å². The van der Waals surface area contributed by atoms with Crippen LogP contribution < -0.4 is 5.32 Å². The molecule has 140 valence electrons. The van der Waals surface area contributed by atoms with E-state index in [-0.39, 0.29) is 24.1 Å². The van der Waals surface area contributed by atoms with Crippen LogP contribution in [-0.2, 0) is 6.42 Å². The first kappa shape index (κ1) is 19.1. The number of likely N-dealkylation sites (tertiary alicyclic amines) is 1. The molecule has 0 saturated carbocycles. The average molecular weight is 396 g/mol. The van der Waals surface area contributed by atoms with Crippen molar-refractivity contribution in [2.75, 3.05) is 26.2 Å². The number of hydrogen-bond donors (Lipinski definition) is 1. The normalized spacial score (nSPS) is 21.5. The van der Waals surface area contributed by atoms with Gasteiger partial charge in [-0.1, -0.05) is 30.7 Å². The first-order valence-electron chi connectivity index (χ1n) is 8.88. The molecule has 1 amide bonds. The highest BCUT2D eigenvalue weighted by atomic mass is 35.5. The highest BCUT2D eigenvalue weighted by Gasteiger charge is 2.39. The zero-order chi connectivity index (χ0) is 17.4. The summed E-state index contributed by atoms with van der Waals surface area (Å²) in [5.41, 5.74) is 0.765.